The molecule has 8 nitrogen and oxygen atoms in total. The average molecular weight is 405 g/mol. The van der Waals surface area contributed by atoms with Crippen LogP contribution < -0.4 is 5.73 Å². The summed E-state index contributed by atoms with van der Waals surface area (Å²) in [7, 11) is 2.14. The van der Waals surface area contributed by atoms with Gasteiger partial charge in [-0.15, -0.1) is 0 Å². The van der Waals surface area contributed by atoms with Crippen LogP contribution in [0.3, 0.4) is 0 Å². The van der Waals surface area contributed by atoms with Crippen LogP contribution >= 0.6 is 0 Å². The fourth-order valence-corrected chi connectivity index (χ4v) is 4.53. The Kier molecular flexibility index (Phi) is 7.08. The number of amides is 1. The summed E-state index contributed by atoms with van der Waals surface area (Å²) < 4.78 is 0. The molecule has 0 saturated carbocycles. The smallest absolute Gasteiger partial charge is 0.222 e. The zero-order valence-corrected chi connectivity index (χ0v) is 18.2. The number of nitrogens with two attached hydrogens (primary N) is 1. The predicted molar refractivity (Wildman–Crippen MR) is 114 cm³/mol. The Labute approximate surface area is 174 Å². The van der Waals surface area contributed by atoms with Gasteiger partial charge in [0.15, 0.2) is 0 Å². The number of aromatic nitrogens is 2. The van der Waals surface area contributed by atoms with Crippen LogP contribution in [-0.2, 0) is 11.2 Å². The summed E-state index contributed by atoms with van der Waals surface area (Å²) in [5, 5.41) is 11.2. The van der Waals surface area contributed by atoms with Gasteiger partial charge in [-0.05, 0) is 52.1 Å². The third-order valence-electron chi connectivity index (χ3n) is 6.41. The molecule has 29 heavy (non-hydrogen) atoms. The van der Waals surface area contributed by atoms with Gasteiger partial charge in [0, 0.05) is 63.6 Å². The molecule has 0 aromatic carbocycles. The molecule has 1 aromatic heterocycles. The van der Waals surface area contributed by atoms with E-state index in [1.54, 1.807) is 0 Å². The first kappa shape index (κ1) is 21.9. The quantitative estimate of drug-likeness (QED) is 0.741. The Morgan fingerprint density at radius 2 is 1.72 bits per heavy atom. The van der Waals surface area contributed by atoms with Crippen molar-refractivity contribution < 1.29 is 9.90 Å². The van der Waals surface area contributed by atoms with E-state index < -0.39 is 5.60 Å². The maximum Gasteiger partial charge on any atom is 0.222 e. The van der Waals surface area contributed by atoms with Crippen LogP contribution in [0, 0.1) is 13.8 Å². The first-order valence-corrected chi connectivity index (χ1v) is 10.8. The summed E-state index contributed by atoms with van der Waals surface area (Å²) in [5.41, 5.74) is 7.70. The van der Waals surface area contributed by atoms with Crippen LogP contribution in [0.25, 0.3) is 0 Å². The second kappa shape index (κ2) is 9.36. The number of aryl methyl sites for hydroxylation is 2. The fraction of sp³-hybridized carbons (Fsp3) is 0.762. The molecular weight excluding hydrogens is 368 g/mol. The predicted octanol–water partition coefficient (Wildman–Crippen LogP) is 0.599. The van der Waals surface area contributed by atoms with E-state index in [2.05, 4.69) is 26.8 Å². The maximum absolute atomic E-state index is 12.8. The van der Waals surface area contributed by atoms with Gasteiger partial charge < -0.3 is 20.6 Å². The molecule has 0 aliphatic carbocycles. The van der Waals surface area contributed by atoms with Gasteiger partial charge in [0.1, 0.15) is 0 Å². The molecule has 8 heteroatoms. The minimum absolute atomic E-state index is 0.143. The molecule has 3 heterocycles. The molecule has 2 saturated heterocycles. The summed E-state index contributed by atoms with van der Waals surface area (Å²) in [4.78, 5) is 27.9. The molecule has 1 atom stereocenters. The number of nitrogens with zero attached hydrogens (tertiary/aromatic N) is 5. The SMILES string of the molecule is Cc1nc(N)nc(C)c1CCC(=O)N1CCCC(O)(CN2CCN(C)CC2)CC1. The van der Waals surface area contributed by atoms with Crippen LogP contribution in [0.4, 0.5) is 5.95 Å². The number of hydrogen-bond donors (Lipinski definition) is 2. The second-order valence-electron chi connectivity index (χ2n) is 8.77. The van der Waals surface area contributed by atoms with Gasteiger partial charge in [-0.25, -0.2) is 9.97 Å². The summed E-state index contributed by atoms with van der Waals surface area (Å²) >= 11 is 0. The number of hydrogen-bond acceptors (Lipinski definition) is 7. The number of aliphatic hydroxyl groups is 1. The Hall–Kier alpha value is -1.77. The lowest BCUT2D eigenvalue weighted by Gasteiger charge is -2.38. The number of likely N-dealkylation sites (tertiary alicyclic amines) is 1. The van der Waals surface area contributed by atoms with Crippen LogP contribution in [0.1, 0.15) is 42.6 Å². The molecule has 3 rings (SSSR count). The summed E-state index contributed by atoms with van der Waals surface area (Å²) in [6.07, 6.45) is 3.31. The molecule has 0 radical (unpaired) electrons. The number of β-amino-alcohol motifs (C(OH)–C–C–N with tert-alkyl or cyclic N) is 1. The molecule has 0 spiro atoms. The number of piperazine rings is 1. The Balaban J connectivity index is 1.51. The molecule has 2 fully saturated rings. The van der Waals surface area contributed by atoms with Gasteiger partial charge in [0.2, 0.25) is 11.9 Å². The van der Waals surface area contributed by atoms with Crippen molar-refractivity contribution in [2.75, 3.05) is 58.6 Å². The van der Waals surface area contributed by atoms with Crippen molar-refractivity contribution in [3.63, 3.8) is 0 Å². The number of rotatable bonds is 5. The van der Waals surface area contributed by atoms with E-state index in [0.717, 1.165) is 62.5 Å². The Morgan fingerprint density at radius 1 is 1.07 bits per heavy atom. The number of carbonyl (C=O) groups is 1. The monoisotopic (exact) mass is 404 g/mol. The van der Waals surface area contributed by atoms with E-state index in [1.165, 1.54) is 0 Å². The maximum atomic E-state index is 12.8. The Morgan fingerprint density at radius 3 is 2.38 bits per heavy atom. The van der Waals surface area contributed by atoms with Crippen molar-refractivity contribution in [2.45, 2.75) is 51.6 Å². The lowest BCUT2D eigenvalue weighted by Crippen LogP contribution is -2.51. The minimum Gasteiger partial charge on any atom is -0.388 e. The topological polar surface area (TPSA) is 98.8 Å². The molecule has 2 aliphatic rings. The van der Waals surface area contributed by atoms with Crippen LogP contribution in [0.2, 0.25) is 0 Å². The van der Waals surface area contributed by atoms with Crippen molar-refractivity contribution in [1.82, 2.24) is 24.7 Å². The van der Waals surface area contributed by atoms with Crippen LogP contribution in [-0.4, -0.2) is 94.1 Å². The normalized spacial score (nSPS) is 24.5. The molecule has 1 aromatic rings. The highest BCUT2D eigenvalue weighted by molar-refractivity contribution is 5.76. The molecule has 3 N–H and O–H groups in total. The number of anilines is 1. The molecule has 1 unspecified atom stereocenters. The van der Waals surface area contributed by atoms with Crippen LogP contribution in [0.5, 0.6) is 0 Å². The van der Waals surface area contributed by atoms with Gasteiger partial charge in [-0.1, -0.05) is 0 Å². The Bertz CT molecular complexity index is 696. The van der Waals surface area contributed by atoms with E-state index in [9.17, 15) is 9.90 Å². The summed E-state index contributed by atoms with van der Waals surface area (Å²) in [6, 6.07) is 0. The zero-order valence-electron chi connectivity index (χ0n) is 18.2. The molecule has 0 bridgehead atoms. The second-order valence-corrected chi connectivity index (χ2v) is 8.77. The minimum atomic E-state index is -0.692. The fourth-order valence-electron chi connectivity index (χ4n) is 4.53. The van der Waals surface area contributed by atoms with Crippen molar-refractivity contribution in [1.29, 1.82) is 0 Å². The van der Waals surface area contributed by atoms with Crippen molar-refractivity contribution in [3.8, 4) is 0 Å². The largest absolute Gasteiger partial charge is 0.388 e. The van der Waals surface area contributed by atoms with Crippen LogP contribution in [0.15, 0.2) is 0 Å². The van der Waals surface area contributed by atoms with Gasteiger partial charge in [-0.2, -0.15) is 0 Å². The van der Waals surface area contributed by atoms with Gasteiger partial charge in [-0.3, -0.25) is 9.69 Å². The van der Waals surface area contributed by atoms with Gasteiger partial charge in [0.25, 0.3) is 0 Å². The third-order valence-corrected chi connectivity index (χ3v) is 6.41. The zero-order chi connectivity index (χ0) is 21.0. The first-order valence-electron chi connectivity index (χ1n) is 10.8. The van der Waals surface area contributed by atoms with E-state index in [1.807, 2.05) is 18.7 Å². The number of nitrogen functional groups attached to an aromatic ring is 1. The first-order chi connectivity index (χ1) is 13.8. The van der Waals surface area contributed by atoms with Crippen molar-refractivity contribution in [3.05, 3.63) is 17.0 Å². The standard InChI is InChI=1S/C21H36N6O2/c1-16-18(17(2)24-20(22)23-16)5-6-19(28)27-9-4-7-21(29,8-10-27)15-26-13-11-25(3)12-14-26/h29H,4-15H2,1-3H3,(H2,22,23,24). The van der Waals surface area contributed by atoms with E-state index >= 15 is 0 Å². The van der Waals surface area contributed by atoms with E-state index in [0.29, 0.717) is 32.4 Å². The highest BCUT2D eigenvalue weighted by Crippen LogP contribution is 2.25. The van der Waals surface area contributed by atoms with Crippen molar-refractivity contribution in [2.24, 2.45) is 0 Å². The van der Waals surface area contributed by atoms with Crippen molar-refractivity contribution >= 4 is 11.9 Å². The molecular formula is C21H36N6O2. The third kappa shape index (κ3) is 5.87. The van der Waals surface area contributed by atoms with Gasteiger partial charge >= 0.3 is 0 Å². The van der Waals surface area contributed by atoms with E-state index in [-0.39, 0.29) is 11.9 Å². The lowest BCUT2D eigenvalue weighted by molar-refractivity contribution is -0.131. The molecule has 162 valence electrons. The van der Waals surface area contributed by atoms with E-state index in [4.69, 9.17) is 5.73 Å². The van der Waals surface area contributed by atoms with Gasteiger partial charge in [0.05, 0.1) is 5.60 Å². The molecule has 2 aliphatic heterocycles. The lowest BCUT2D eigenvalue weighted by atomic mass is 9.94. The number of likely N-dealkylation sites (N-methyl/N-ethyl adjacent to an activating group) is 1. The summed E-state index contributed by atoms with van der Waals surface area (Å²) in [6.45, 7) is 9.99. The highest BCUT2D eigenvalue weighted by atomic mass is 16.3. The summed E-state index contributed by atoms with van der Waals surface area (Å²) in [5.74, 6) is 0.423. The number of carbonyl (C=O) groups excluding carboxylic acids is 1. The molecule has 1 amide bonds. The highest BCUT2D eigenvalue weighted by Gasteiger charge is 2.33. The average Bonchev–Trinajstić information content (AvgIpc) is 2.84.